The molecular formula is C63H39F5N4. The molecule has 1 aliphatic carbocycles. The van der Waals surface area contributed by atoms with Crippen molar-refractivity contribution < 1.29 is 22.0 Å². The minimum atomic E-state index is -4.62. The Kier molecular flexibility index (Phi) is 9.77. The van der Waals surface area contributed by atoms with Crippen molar-refractivity contribution in [2.24, 2.45) is 0 Å². The Balaban J connectivity index is 1.12. The second kappa shape index (κ2) is 16.3. The summed E-state index contributed by atoms with van der Waals surface area (Å²) in [7, 11) is 0. The third kappa shape index (κ3) is 6.57. The van der Waals surface area contributed by atoms with Crippen molar-refractivity contribution >= 4 is 32.8 Å². The van der Waals surface area contributed by atoms with E-state index in [9.17, 15) is 13.2 Å². The van der Waals surface area contributed by atoms with Crippen LogP contribution in [0.5, 0.6) is 0 Å². The van der Waals surface area contributed by atoms with E-state index >= 15 is 8.78 Å². The molecule has 0 radical (unpaired) electrons. The maximum absolute atomic E-state index is 16.7. The molecule has 0 saturated heterocycles. The van der Waals surface area contributed by atoms with Crippen LogP contribution in [0.2, 0.25) is 0 Å². The number of rotatable bonds is 8. The van der Waals surface area contributed by atoms with Gasteiger partial charge in [-0.1, -0.05) is 182 Å². The first-order valence-corrected chi connectivity index (χ1v) is 23.6. The van der Waals surface area contributed by atoms with Gasteiger partial charge in [-0.25, -0.2) is 4.98 Å². The SMILES string of the molecule is FC(F)(F)c1ccnc(C2(c3cccc(-c4ccc(-c5ccccc5)c5c4nc(-c4cccc6c4[nH]c4ccccc46)n5-c4cccc(C(F)(F)c5ccccc5)c4)c3)c3ccccc3-c3ccccc32)c1. The molecule has 346 valence electrons. The summed E-state index contributed by atoms with van der Waals surface area (Å²) in [6.07, 6.45) is -3.37. The van der Waals surface area contributed by atoms with Gasteiger partial charge >= 0.3 is 6.18 Å². The van der Waals surface area contributed by atoms with Crippen LogP contribution in [0.3, 0.4) is 0 Å². The van der Waals surface area contributed by atoms with Crippen molar-refractivity contribution in [2.45, 2.75) is 17.5 Å². The lowest BCUT2D eigenvalue weighted by atomic mass is 9.69. The van der Waals surface area contributed by atoms with Gasteiger partial charge in [0.2, 0.25) is 0 Å². The molecule has 9 heteroatoms. The number of para-hydroxylation sites is 2. The highest BCUT2D eigenvalue weighted by Crippen LogP contribution is 2.56. The molecule has 1 aliphatic rings. The lowest BCUT2D eigenvalue weighted by molar-refractivity contribution is -0.137. The topological polar surface area (TPSA) is 46.5 Å². The predicted octanol–water partition coefficient (Wildman–Crippen LogP) is 16.6. The van der Waals surface area contributed by atoms with Gasteiger partial charge in [-0.2, -0.15) is 22.0 Å². The molecular weight excluding hydrogens is 908 g/mol. The number of aromatic nitrogens is 4. The van der Waals surface area contributed by atoms with Gasteiger partial charge in [0, 0.05) is 56.0 Å². The molecule has 0 saturated carbocycles. The number of hydrogen-bond acceptors (Lipinski definition) is 2. The predicted molar refractivity (Wildman–Crippen MR) is 276 cm³/mol. The molecule has 72 heavy (non-hydrogen) atoms. The number of hydrogen-bond donors (Lipinski definition) is 1. The Morgan fingerprint density at radius 1 is 0.458 bits per heavy atom. The monoisotopic (exact) mass is 946 g/mol. The Morgan fingerprint density at radius 3 is 1.83 bits per heavy atom. The summed E-state index contributed by atoms with van der Waals surface area (Å²) in [5, 5.41) is 2.01. The fourth-order valence-corrected chi connectivity index (χ4v) is 11.1. The number of alkyl halides is 5. The van der Waals surface area contributed by atoms with Crippen LogP contribution < -0.4 is 0 Å². The Bertz CT molecular complexity index is 4030. The van der Waals surface area contributed by atoms with Crippen LogP contribution in [0, 0.1) is 0 Å². The summed E-state index contributed by atoms with van der Waals surface area (Å²) in [4.78, 5) is 14.1. The number of fused-ring (bicyclic) bond motifs is 7. The highest BCUT2D eigenvalue weighted by atomic mass is 19.4. The molecule has 1 N–H and O–H groups in total. The van der Waals surface area contributed by atoms with Gasteiger partial charge in [0.05, 0.1) is 33.2 Å². The zero-order valence-electron chi connectivity index (χ0n) is 38.2. The third-order valence-corrected chi connectivity index (χ3v) is 14.3. The quantitative estimate of drug-likeness (QED) is 0.154. The van der Waals surface area contributed by atoms with E-state index in [4.69, 9.17) is 9.97 Å². The highest BCUT2D eigenvalue weighted by molar-refractivity contribution is 6.12. The maximum Gasteiger partial charge on any atom is 0.416 e. The Morgan fingerprint density at radius 2 is 1.07 bits per heavy atom. The van der Waals surface area contributed by atoms with Crippen molar-refractivity contribution in [2.75, 3.05) is 0 Å². The second-order valence-corrected chi connectivity index (χ2v) is 18.2. The smallest absolute Gasteiger partial charge is 0.354 e. The van der Waals surface area contributed by atoms with Crippen molar-refractivity contribution in [1.82, 2.24) is 19.5 Å². The van der Waals surface area contributed by atoms with E-state index in [0.717, 1.165) is 77.9 Å². The van der Waals surface area contributed by atoms with Gasteiger partial charge < -0.3 is 4.98 Å². The number of halogens is 5. The van der Waals surface area contributed by atoms with E-state index in [0.29, 0.717) is 28.1 Å². The average Bonchev–Trinajstić information content (AvgIpc) is 4.11. The van der Waals surface area contributed by atoms with E-state index in [1.807, 2.05) is 156 Å². The van der Waals surface area contributed by atoms with Crippen molar-refractivity contribution in [1.29, 1.82) is 0 Å². The molecule has 0 unspecified atom stereocenters. The number of aromatic amines is 1. The maximum atomic E-state index is 16.7. The summed E-state index contributed by atoms with van der Waals surface area (Å²) in [6.45, 7) is 0. The highest BCUT2D eigenvalue weighted by Gasteiger charge is 2.48. The standard InChI is InChI=1S/C63H39F5N4/c64-62(65,41-19-5-2-6-20-41)43-22-14-23-45(37-43)72-59-47(39-16-3-1-4-17-39)33-32-46(58(59)71-60(72)52-28-15-27-51-50-26-9-12-31-55(50)70-57(51)52)40-18-13-21-42(36-40)61(56-38-44(34-35-69-56)63(66,67)68)53-29-10-7-24-48(53)49-25-8-11-30-54(49)61/h1-38,70H. The minimum absolute atomic E-state index is 0.126. The third-order valence-electron chi connectivity index (χ3n) is 14.3. The molecule has 0 amide bonds. The van der Waals surface area contributed by atoms with Gasteiger partial charge in [0.15, 0.2) is 0 Å². The first-order chi connectivity index (χ1) is 35.1. The van der Waals surface area contributed by atoms with Crippen LogP contribution in [0.15, 0.2) is 231 Å². The van der Waals surface area contributed by atoms with Gasteiger partial charge in [-0.05, 0) is 81.4 Å². The van der Waals surface area contributed by atoms with E-state index < -0.39 is 23.1 Å². The molecule has 0 fully saturated rings. The van der Waals surface area contributed by atoms with Crippen LogP contribution >= 0.6 is 0 Å². The van der Waals surface area contributed by atoms with E-state index in [1.165, 1.54) is 30.5 Å². The summed E-state index contributed by atoms with van der Waals surface area (Å²) in [6, 6.07) is 68.2. The van der Waals surface area contributed by atoms with Crippen molar-refractivity contribution in [3.05, 3.63) is 270 Å². The van der Waals surface area contributed by atoms with Gasteiger partial charge in [-0.3, -0.25) is 9.55 Å². The van der Waals surface area contributed by atoms with Crippen LogP contribution in [-0.4, -0.2) is 19.5 Å². The second-order valence-electron chi connectivity index (χ2n) is 18.2. The number of benzene rings is 9. The first kappa shape index (κ1) is 43.1. The number of H-pyrrole nitrogens is 1. The summed E-state index contributed by atoms with van der Waals surface area (Å²) < 4.78 is 79.4. The lowest BCUT2D eigenvalue weighted by Gasteiger charge is -2.33. The fraction of sp³-hybridized carbons (Fsp3) is 0.0476. The Hall–Kier alpha value is -8.95. The molecule has 9 aromatic carbocycles. The van der Waals surface area contributed by atoms with Gasteiger partial charge in [0.1, 0.15) is 5.82 Å². The largest absolute Gasteiger partial charge is 0.416 e. The minimum Gasteiger partial charge on any atom is -0.354 e. The molecule has 0 spiro atoms. The van der Waals surface area contributed by atoms with E-state index in [2.05, 4.69) is 17.1 Å². The van der Waals surface area contributed by atoms with Crippen LogP contribution in [0.4, 0.5) is 22.0 Å². The fourth-order valence-electron chi connectivity index (χ4n) is 11.1. The number of pyridine rings is 1. The number of nitrogens with zero attached hydrogens (tertiary/aromatic N) is 3. The van der Waals surface area contributed by atoms with Gasteiger partial charge in [-0.15, -0.1) is 0 Å². The molecule has 0 bridgehead atoms. The lowest BCUT2D eigenvalue weighted by Crippen LogP contribution is -2.30. The van der Waals surface area contributed by atoms with Crippen LogP contribution in [0.25, 0.3) is 83.3 Å². The molecule has 3 heterocycles. The molecule has 3 aromatic heterocycles. The van der Waals surface area contributed by atoms with E-state index in [-0.39, 0.29) is 16.8 Å². The molecule has 0 atom stereocenters. The normalized spacial score (nSPS) is 13.2. The molecule has 12 aromatic rings. The Labute approximate surface area is 410 Å². The number of nitrogens with one attached hydrogen (secondary N) is 1. The zero-order chi connectivity index (χ0) is 48.8. The summed E-state index contributed by atoms with van der Waals surface area (Å²) in [5.41, 5.74) is 9.48. The summed E-state index contributed by atoms with van der Waals surface area (Å²) in [5.74, 6) is -2.81. The molecule has 4 nitrogen and oxygen atoms in total. The van der Waals surface area contributed by atoms with Crippen molar-refractivity contribution in [3.63, 3.8) is 0 Å². The van der Waals surface area contributed by atoms with Gasteiger partial charge in [0.25, 0.3) is 5.92 Å². The first-order valence-electron chi connectivity index (χ1n) is 23.6. The van der Waals surface area contributed by atoms with Crippen molar-refractivity contribution in [3.8, 4) is 50.5 Å². The van der Waals surface area contributed by atoms with Crippen LogP contribution in [-0.2, 0) is 17.5 Å². The summed E-state index contributed by atoms with van der Waals surface area (Å²) >= 11 is 0. The molecule has 13 rings (SSSR count). The molecule has 0 aliphatic heterocycles. The zero-order valence-corrected chi connectivity index (χ0v) is 38.2. The van der Waals surface area contributed by atoms with Crippen LogP contribution in [0.1, 0.15) is 39.1 Å². The number of imidazole rings is 1. The average molecular weight is 947 g/mol. The van der Waals surface area contributed by atoms with E-state index in [1.54, 1.807) is 30.3 Å².